The Kier molecular flexibility index (Phi) is 5.96. The van der Waals surface area contributed by atoms with Crippen LogP contribution in [0.25, 0.3) is 0 Å². The van der Waals surface area contributed by atoms with E-state index in [2.05, 4.69) is 5.32 Å². The molecule has 1 N–H and O–H groups in total. The number of aryl methyl sites for hydroxylation is 2. The minimum absolute atomic E-state index is 0.0128. The zero-order valence-corrected chi connectivity index (χ0v) is 13.3. The van der Waals surface area contributed by atoms with Gasteiger partial charge in [0.1, 0.15) is 5.82 Å². The highest BCUT2D eigenvalue weighted by atomic mass is 35.5. The van der Waals surface area contributed by atoms with Gasteiger partial charge in [0.2, 0.25) is 5.91 Å². The molecule has 0 fully saturated rings. The molecule has 1 amide bonds. The average Bonchev–Trinajstić information content (AvgIpc) is 2.50. The number of carbonyl (C=O) groups is 1. The number of carbonyl (C=O) groups excluding carboxylic acids is 1. The van der Waals surface area contributed by atoms with E-state index in [1.807, 2.05) is 25.1 Å². The van der Waals surface area contributed by atoms with Gasteiger partial charge in [-0.05, 0) is 54.7 Å². The molecule has 2 aromatic rings. The third kappa shape index (κ3) is 5.15. The smallest absolute Gasteiger partial charge is 0.220 e. The van der Waals surface area contributed by atoms with E-state index < -0.39 is 0 Å². The SMILES string of the molecule is Cc1ccc(CCC(=O)NCCc2ccc(F)cc2)cc1Cl. The first-order chi connectivity index (χ1) is 10.5. The Morgan fingerprint density at radius 1 is 1.09 bits per heavy atom. The molecule has 0 radical (unpaired) electrons. The number of benzene rings is 2. The second kappa shape index (κ2) is 7.95. The Balaban J connectivity index is 1.71. The Labute approximate surface area is 135 Å². The third-order valence-electron chi connectivity index (χ3n) is 3.53. The standard InChI is InChI=1S/C18H19ClFNO/c1-13-2-3-15(12-17(13)19)6-9-18(22)21-11-10-14-4-7-16(20)8-5-14/h2-5,7-8,12H,6,9-11H2,1H3,(H,21,22). The zero-order valence-electron chi connectivity index (χ0n) is 12.5. The molecule has 116 valence electrons. The molecule has 0 bridgehead atoms. The minimum Gasteiger partial charge on any atom is -0.356 e. The Morgan fingerprint density at radius 3 is 2.45 bits per heavy atom. The topological polar surface area (TPSA) is 29.1 Å². The molecule has 0 spiro atoms. The zero-order chi connectivity index (χ0) is 15.9. The second-order valence-electron chi connectivity index (χ2n) is 5.31. The van der Waals surface area contributed by atoms with Gasteiger partial charge in [-0.3, -0.25) is 4.79 Å². The lowest BCUT2D eigenvalue weighted by molar-refractivity contribution is -0.121. The van der Waals surface area contributed by atoms with Gasteiger partial charge in [-0.1, -0.05) is 35.9 Å². The Morgan fingerprint density at radius 2 is 1.77 bits per heavy atom. The summed E-state index contributed by atoms with van der Waals surface area (Å²) in [6.07, 6.45) is 1.80. The number of nitrogens with one attached hydrogen (secondary N) is 1. The van der Waals surface area contributed by atoms with Gasteiger partial charge >= 0.3 is 0 Å². The summed E-state index contributed by atoms with van der Waals surface area (Å²) in [5, 5.41) is 3.61. The molecule has 0 saturated carbocycles. The van der Waals surface area contributed by atoms with Crippen LogP contribution >= 0.6 is 11.6 Å². The maximum absolute atomic E-state index is 12.8. The van der Waals surface area contributed by atoms with Gasteiger partial charge in [-0.25, -0.2) is 4.39 Å². The highest BCUT2D eigenvalue weighted by Gasteiger charge is 2.04. The molecule has 0 unspecified atom stereocenters. The summed E-state index contributed by atoms with van der Waals surface area (Å²) in [6, 6.07) is 12.2. The maximum atomic E-state index is 12.8. The van der Waals surface area contributed by atoms with Crippen LogP contribution in [0.4, 0.5) is 4.39 Å². The van der Waals surface area contributed by atoms with Crippen LogP contribution in [0, 0.1) is 12.7 Å². The number of hydrogen-bond acceptors (Lipinski definition) is 1. The molecule has 4 heteroatoms. The van der Waals surface area contributed by atoms with Crippen molar-refractivity contribution >= 4 is 17.5 Å². The third-order valence-corrected chi connectivity index (χ3v) is 3.93. The fourth-order valence-corrected chi connectivity index (χ4v) is 2.34. The molecule has 2 nitrogen and oxygen atoms in total. The maximum Gasteiger partial charge on any atom is 0.220 e. The van der Waals surface area contributed by atoms with Crippen molar-refractivity contribution in [1.82, 2.24) is 5.32 Å². The molecular weight excluding hydrogens is 301 g/mol. The number of amides is 1. The van der Waals surface area contributed by atoms with Crippen LogP contribution in [-0.2, 0) is 17.6 Å². The van der Waals surface area contributed by atoms with Crippen molar-refractivity contribution in [1.29, 1.82) is 0 Å². The van der Waals surface area contributed by atoms with E-state index in [4.69, 9.17) is 11.6 Å². The second-order valence-corrected chi connectivity index (χ2v) is 5.72. The highest BCUT2D eigenvalue weighted by molar-refractivity contribution is 6.31. The van der Waals surface area contributed by atoms with E-state index in [0.717, 1.165) is 21.7 Å². The van der Waals surface area contributed by atoms with Gasteiger partial charge in [0, 0.05) is 18.0 Å². The first-order valence-electron chi connectivity index (χ1n) is 7.31. The predicted molar refractivity (Wildman–Crippen MR) is 87.6 cm³/mol. The summed E-state index contributed by atoms with van der Waals surface area (Å²) in [5.41, 5.74) is 3.10. The van der Waals surface area contributed by atoms with Crippen molar-refractivity contribution < 1.29 is 9.18 Å². The van der Waals surface area contributed by atoms with E-state index in [1.165, 1.54) is 12.1 Å². The van der Waals surface area contributed by atoms with Gasteiger partial charge in [0.05, 0.1) is 0 Å². The van der Waals surface area contributed by atoms with E-state index in [9.17, 15) is 9.18 Å². The van der Waals surface area contributed by atoms with Gasteiger partial charge in [0.15, 0.2) is 0 Å². The molecule has 2 rings (SSSR count). The van der Waals surface area contributed by atoms with E-state index in [-0.39, 0.29) is 11.7 Å². The largest absolute Gasteiger partial charge is 0.356 e. The van der Waals surface area contributed by atoms with Crippen molar-refractivity contribution in [3.63, 3.8) is 0 Å². The predicted octanol–water partition coefficient (Wildman–Crippen LogP) is 4.08. The van der Waals surface area contributed by atoms with Gasteiger partial charge in [0.25, 0.3) is 0 Å². The van der Waals surface area contributed by atoms with Crippen LogP contribution in [0.15, 0.2) is 42.5 Å². The van der Waals surface area contributed by atoms with Crippen molar-refractivity contribution in [3.8, 4) is 0 Å². The molecule has 0 heterocycles. The fourth-order valence-electron chi connectivity index (χ4n) is 2.14. The molecule has 0 aliphatic heterocycles. The number of hydrogen-bond donors (Lipinski definition) is 1. The summed E-state index contributed by atoms with van der Waals surface area (Å²) >= 11 is 6.06. The summed E-state index contributed by atoms with van der Waals surface area (Å²) < 4.78 is 12.8. The van der Waals surface area contributed by atoms with Crippen molar-refractivity contribution in [3.05, 3.63) is 70.0 Å². The minimum atomic E-state index is -0.246. The van der Waals surface area contributed by atoms with E-state index in [0.29, 0.717) is 25.8 Å². The quantitative estimate of drug-likeness (QED) is 0.854. The fraction of sp³-hybridized carbons (Fsp3) is 0.278. The Bertz CT molecular complexity index is 640. The van der Waals surface area contributed by atoms with Crippen molar-refractivity contribution in [2.75, 3.05) is 6.54 Å². The van der Waals surface area contributed by atoms with Crippen LogP contribution in [0.5, 0.6) is 0 Å². The van der Waals surface area contributed by atoms with Crippen molar-refractivity contribution in [2.45, 2.75) is 26.2 Å². The lowest BCUT2D eigenvalue weighted by atomic mass is 10.1. The van der Waals surface area contributed by atoms with Crippen LogP contribution in [0.3, 0.4) is 0 Å². The first-order valence-corrected chi connectivity index (χ1v) is 7.68. The lowest BCUT2D eigenvalue weighted by Crippen LogP contribution is -2.25. The lowest BCUT2D eigenvalue weighted by Gasteiger charge is -2.06. The van der Waals surface area contributed by atoms with Crippen molar-refractivity contribution in [2.24, 2.45) is 0 Å². The molecule has 22 heavy (non-hydrogen) atoms. The van der Waals surface area contributed by atoms with Crippen LogP contribution in [-0.4, -0.2) is 12.5 Å². The molecule has 2 aromatic carbocycles. The van der Waals surface area contributed by atoms with Crippen LogP contribution in [0.2, 0.25) is 5.02 Å². The summed E-state index contributed by atoms with van der Waals surface area (Å²) in [4.78, 5) is 11.8. The normalized spacial score (nSPS) is 10.5. The molecular formula is C18H19ClFNO. The monoisotopic (exact) mass is 319 g/mol. The summed E-state index contributed by atoms with van der Waals surface area (Å²) in [5.74, 6) is -0.233. The van der Waals surface area contributed by atoms with Gasteiger partial charge in [-0.15, -0.1) is 0 Å². The summed E-state index contributed by atoms with van der Waals surface area (Å²) in [6.45, 7) is 2.51. The van der Waals surface area contributed by atoms with Gasteiger partial charge in [-0.2, -0.15) is 0 Å². The average molecular weight is 320 g/mol. The number of halogens is 2. The first kappa shape index (κ1) is 16.5. The van der Waals surface area contributed by atoms with Crippen LogP contribution in [0.1, 0.15) is 23.1 Å². The molecule has 0 saturated heterocycles. The number of rotatable bonds is 6. The summed E-state index contributed by atoms with van der Waals surface area (Å²) in [7, 11) is 0. The Hall–Kier alpha value is -1.87. The van der Waals surface area contributed by atoms with Gasteiger partial charge < -0.3 is 5.32 Å². The van der Waals surface area contributed by atoms with E-state index in [1.54, 1.807) is 12.1 Å². The molecule has 0 aromatic heterocycles. The molecule has 0 atom stereocenters. The van der Waals surface area contributed by atoms with E-state index >= 15 is 0 Å². The molecule has 0 aliphatic rings. The van der Waals surface area contributed by atoms with Crippen LogP contribution < -0.4 is 5.32 Å². The molecule has 0 aliphatic carbocycles. The highest BCUT2D eigenvalue weighted by Crippen LogP contribution is 2.17.